The van der Waals surface area contributed by atoms with Crippen molar-refractivity contribution in [2.24, 2.45) is 5.92 Å². The Bertz CT molecular complexity index is 792. The van der Waals surface area contributed by atoms with E-state index in [1.165, 1.54) is 29.2 Å². The fraction of sp³-hybridized carbons (Fsp3) is 0.222. The van der Waals surface area contributed by atoms with Crippen LogP contribution in [0.3, 0.4) is 0 Å². The molecule has 0 bridgehead atoms. The fourth-order valence-corrected chi connectivity index (χ4v) is 2.89. The van der Waals surface area contributed by atoms with Crippen molar-refractivity contribution < 1.29 is 14.0 Å². The van der Waals surface area contributed by atoms with E-state index in [1.807, 2.05) is 13.0 Å². The summed E-state index contributed by atoms with van der Waals surface area (Å²) in [6.07, 6.45) is 0.128. The Morgan fingerprint density at radius 2 is 1.96 bits per heavy atom. The lowest BCUT2D eigenvalue weighted by Gasteiger charge is -2.17. The van der Waals surface area contributed by atoms with Crippen molar-refractivity contribution in [1.82, 2.24) is 0 Å². The minimum absolute atomic E-state index is 0.128. The van der Waals surface area contributed by atoms with Crippen molar-refractivity contribution in [3.05, 3.63) is 58.9 Å². The van der Waals surface area contributed by atoms with E-state index in [0.717, 1.165) is 5.56 Å². The van der Waals surface area contributed by atoms with Gasteiger partial charge < -0.3 is 10.2 Å². The van der Waals surface area contributed by atoms with Gasteiger partial charge in [-0.2, -0.15) is 0 Å². The molecule has 1 saturated heterocycles. The fourth-order valence-electron chi connectivity index (χ4n) is 2.72. The van der Waals surface area contributed by atoms with Crippen LogP contribution in [0.25, 0.3) is 0 Å². The monoisotopic (exact) mass is 346 g/mol. The zero-order valence-electron chi connectivity index (χ0n) is 13.1. The molecule has 0 saturated carbocycles. The summed E-state index contributed by atoms with van der Waals surface area (Å²) < 4.78 is 13.0. The molecule has 0 aromatic heterocycles. The van der Waals surface area contributed by atoms with Crippen LogP contribution in [0.4, 0.5) is 15.8 Å². The van der Waals surface area contributed by atoms with Crippen molar-refractivity contribution in [1.29, 1.82) is 0 Å². The van der Waals surface area contributed by atoms with Gasteiger partial charge in [0.05, 0.1) is 5.92 Å². The topological polar surface area (TPSA) is 49.4 Å². The molecule has 0 spiro atoms. The van der Waals surface area contributed by atoms with Gasteiger partial charge in [0.2, 0.25) is 11.8 Å². The maximum atomic E-state index is 13.0. The molecule has 2 amide bonds. The van der Waals surface area contributed by atoms with E-state index >= 15 is 0 Å². The number of rotatable bonds is 3. The maximum absolute atomic E-state index is 13.0. The van der Waals surface area contributed by atoms with Gasteiger partial charge in [-0.1, -0.05) is 17.7 Å². The number of anilines is 2. The number of hydrogen-bond donors (Lipinski definition) is 1. The Balaban J connectivity index is 1.72. The van der Waals surface area contributed by atoms with Crippen molar-refractivity contribution in [3.63, 3.8) is 0 Å². The second kappa shape index (κ2) is 6.61. The minimum atomic E-state index is -0.457. The Morgan fingerprint density at radius 1 is 1.25 bits per heavy atom. The number of aryl methyl sites for hydroxylation is 1. The van der Waals surface area contributed by atoms with Crippen LogP contribution >= 0.6 is 11.6 Å². The number of nitrogens with zero attached hydrogens (tertiary/aromatic N) is 1. The number of carbonyl (C=O) groups is 2. The molecule has 1 heterocycles. The Hall–Kier alpha value is -2.40. The standard InChI is InChI=1S/C18H16ClFN2O2/c1-11-2-3-13(19)9-16(11)21-18(24)12-8-17(23)22(10-12)15-6-4-14(20)5-7-15/h2-7,9,12H,8,10H2,1H3,(H,21,24)/t12-/m0/s1. The molecular weight excluding hydrogens is 331 g/mol. The van der Waals surface area contributed by atoms with Crippen LogP contribution in [0.15, 0.2) is 42.5 Å². The highest BCUT2D eigenvalue weighted by molar-refractivity contribution is 6.31. The third kappa shape index (κ3) is 3.41. The van der Waals surface area contributed by atoms with Gasteiger partial charge in [-0.25, -0.2) is 4.39 Å². The molecule has 1 fully saturated rings. The van der Waals surface area contributed by atoms with Crippen LogP contribution in [-0.2, 0) is 9.59 Å². The predicted octanol–water partition coefficient (Wildman–Crippen LogP) is 3.78. The smallest absolute Gasteiger partial charge is 0.229 e. The molecule has 1 aliphatic rings. The van der Waals surface area contributed by atoms with E-state index in [9.17, 15) is 14.0 Å². The Kier molecular flexibility index (Phi) is 4.53. The lowest BCUT2D eigenvalue weighted by atomic mass is 10.1. The summed E-state index contributed by atoms with van der Waals surface area (Å²) in [6, 6.07) is 10.9. The van der Waals surface area contributed by atoms with Gasteiger partial charge in [0.1, 0.15) is 5.82 Å². The van der Waals surface area contributed by atoms with Crippen LogP contribution < -0.4 is 10.2 Å². The molecule has 1 N–H and O–H groups in total. The number of benzene rings is 2. The van der Waals surface area contributed by atoms with Gasteiger partial charge in [0, 0.05) is 29.4 Å². The van der Waals surface area contributed by atoms with Crippen molar-refractivity contribution in [2.45, 2.75) is 13.3 Å². The third-order valence-electron chi connectivity index (χ3n) is 4.09. The Morgan fingerprint density at radius 3 is 2.67 bits per heavy atom. The van der Waals surface area contributed by atoms with Crippen molar-refractivity contribution in [2.75, 3.05) is 16.8 Å². The van der Waals surface area contributed by atoms with Gasteiger partial charge in [-0.05, 0) is 48.9 Å². The first-order chi connectivity index (χ1) is 11.4. The maximum Gasteiger partial charge on any atom is 0.229 e. The van der Waals surface area contributed by atoms with E-state index in [1.54, 1.807) is 12.1 Å². The highest BCUT2D eigenvalue weighted by Gasteiger charge is 2.35. The van der Waals surface area contributed by atoms with E-state index < -0.39 is 5.92 Å². The normalized spacial score (nSPS) is 17.2. The van der Waals surface area contributed by atoms with Crippen LogP contribution in [-0.4, -0.2) is 18.4 Å². The zero-order chi connectivity index (χ0) is 17.3. The molecule has 124 valence electrons. The van der Waals surface area contributed by atoms with E-state index in [4.69, 9.17) is 11.6 Å². The van der Waals surface area contributed by atoms with Crippen LogP contribution in [0.5, 0.6) is 0 Å². The second-order valence-corrected chi connectivity index (χ2v) is 6.27. The van der Waals surface area contributed by atoms with Crippen molar-refractivity contribution >= 4 is 34.8 Å². The molecule has 1 aliphatic heterocycles. The SMILES string of the molecule is Cc1ccc(Cl)cc1NC(=O)[C@H]1CC(=O)N(c2ccc(F)cc2)C1. The van der Waals surface area contributed by atoms with Gasteiger partial charge >= 0.3 is 0 Å². The molecule has 4 nitrogen and oxygen atoms in total. The summed E-state index contributed by atoms with van der Waals surface area (Å²) in [5.74, 6) is -1.19. The average Bonchev–Trinajstić information content (AvgIpc) is 2.94. The van der Waals surface area contributed by atoms with Crippen LogP contribution in [0.2, 0.25) is 5.02 Å². The summed E-state index contributed by atoms with van der Waals surface area (Å²) in [6.45, 7) is 2.15. The van der Waals surface area contributed by atoms with E-state index in [-0.39, 0.29) is 30.6 Å². The summed E-state index contributed by atoms with van der Waals surface area (Å²) in [7, 11) is 0. The van der Waals surface area contributed by atoms with E-state index in [2.05, 4.69) is 5.32 Å². The van der Waals surface area contributed by atoms with Gasteiger partial charge in [-0.15, -0.1) is 0 Å². The molecule has 6 heteroatoms. The summed E-state index contributed by atoms with van der Waals surface area (Å²) in [5, 5.41) is 3.37. The van der Waals surface area contributed by atoms with Crippen LogP contribution in [0, 0.1) is 18.7 Å². The summed E-state index contributed by atoms with van der Waals surface area (Å²) in [4.78, 5) is 26.1. The number of halogens is 2. The highest BCUT2D eigenvalue weighted by atomic mass is 35.5. The third-order valence-corrected chi connectivity index (χ3v) is 4.33. The number of hydrogen-bond acceptors (Lipinski definition) is 2. The molecule has 0 aliphatic carbocycles. The molecule has 24 heavy (non-hydrogen) atoms. The average molecular weight is 347 g/mol. The second-order valence-electron chi connectivity index (χ2n) is 5.83. The minimum Gasteiger partial charge on any atom is -0.325 e. The van der Waals surface area contributed by atoms with Crippen LogP contribution in [0.1, 0.15) is 12.0 Å². The molecule has 2 aromatic carbocycles. The molecule has 0 radical (unpaired) electrons. The summed E-state index contributed by atoms with van der Waals surface area (Å²) in [5.41, 5.74) is 2.13. The predicted molar refractivity (Wildman–Crippen MR) is 91.7 cm³/mol. The summed E-state index contributed by atoms with van der Waals surface area (Å²) >= 11 is 5.95. The lowest BCUT2D eigenvalue weighted by Crippen LogP contribution is -2.28. The molecule has 2 aromatic rings. The first kappa shape index (κ1) is 16.5. The quantitative estimate of drug-likeness (QED) is 0.919. The van der Waals surface area contributed by atoms with Gasteiger partial charge in [0.15, 0.2) is 0 Å². The zero-order valence-corrected chi connectivity index (χ0v) is 13.8. The first-order valence-corrected chi connectivity index (χ1v) is 7.95. The first-order valence-electron chi connectivity index (χ1n) is 7.57. The number of carbonyl (C=O) groups excluding carboxylic acids is 2. The number of amides is 2. The largest absolute Gasteiger partial charge is 0.325 e. The molecule has 3 rings (SSSR count). The molecule has 1 atom stereocenters. The molecular formula is C18H16ClFN2O2. The number of nitrogens with one attached hydrogen (secondary N) is 1. The highest BCUT2D eigenvalue weighted by Crippen LogP contribution is 2.27. The lowest BCUT2D eigenvalue weighted by molar-refractivity contribution is -0.122. The van der Waals surface area contributed by atoms with Gasteiger partial charge in [0.25, 0.3) is 0 Å². The Labute approximate surface area is 144 Å². The van der Waals surface area contributed by atoms with Gasteiger partial charge in [-0.3, -0.25) is 9.59 Å². The van der Waals surface area contributed by atoms with Crippen molar-refractivity contribution in [3.8, 4) is 0 Å². The van der Waals surface area contributed by atoms with E-state index in [0.29, 0.717) is 16.4 Å². The molecule has 0 unspecified atom stereocenters.